The molecule has 0 aromatic heterocycles. The van der Waals surface area contributed by atoms with E-state index < -0.39 is 0 Å². The highest BCUT2D eigenvalue weighted by atomic mass is 16.2. The molecule has 0 N–H and O–H groups in total. The average molecular weight is 374 g/mol. The van der Waals surface area contributed by atoms with Crippen LogP contribution in [0.4, 0.5) is 5.69 Å². The zero-order chi connectivity index (χ0) is 20.0. The van der Waals surface area contributed by atoms with E-state index in [1.54, 1.807) is 0 Å². The van der Waals surface area contributed by atoms with Crippen LogP contribution >= 0.6 is 0 Å². The largest absolute Gasteiger partial charge is 0.366 e. The van der Waals surface area contributed by atoms with Crippen molar-refractivity contribution in [1.82, 2.24) is 4.90 Å². The zero-order valence-corrected chi connectivity index (χ0v) is 17.0. The van der Waals surface area contributed by atoms with Crippen LogP contribution in [0.1, 0.15) is 40.7 Å². The molecule has 0 saturated carbocycles. The van der Waals surface area contributed by atoms with Crippen LogP contribution in [0.25, 0.3) is 5.57 Å². The summed E-state index contributed by atoms with van der Waals surface area (Å²) in [5, 5.41) is 0. The van der Waals surface area contributed by atoms with E-state index >= 15 is 0 Å². The van der Waals surface area contributed by atoms with Crippen molar-refractivity contribution >= 4 is 23.1 Å². The molecule has 1 saturated heterocycles. The molecular formula is C24H26N2O2. The summed E-state index contributed by atoms with van der Waals surface area (Å²) in [7, 11) is 0. The minimum absolute atomic E-state index is 0.204. The SMILES string of the molecule is Cc1ccc(C2=C(N3CCCC3)C(=O)N(c3ccc(C)c(C)c3)C2=O)c(C)c1. The van der Waals surface area contributed by atoms with Crippen LogP contribution in [0.3, 0.4) is 0 Å². The van der Waals surface area contributed by atoms with Gasteiger partial charge in [0, 0.05) is 13.1 Å². The fourth-order valence-corrected chi connectivity index (χ4v) is 4.19. The molecule has 0 radical (unpaired) electrons. The normalized spacial score (nSPS) is 17.3. The summed E-state index contributed by atoms with van der Waals surface area (Å²) < 4.78 is 0. The van der Waals surface area contributed by atoms with Gasteiger partial charge in [-0.15, -0.1) is 0 Å². The van der Waals surface area contributed by atoms with Crippen LogP contribution < -0.4 is 4.90 Å². The quantitative estimate of drug-likeness (QED) is 0.752. The molecule has 4 rings (SSSR count). The Hall–Kier alpha value is -2.88. The zero-order valence-electron chi connectivity index (χ0n) is 17.0. The maximum absolute atomic E-state index is 13.5. The first-order valence-electron chi connectivity index (χ1n) is 9.91. The van der Waals surface area contributed by atoms with Gasteiger partial charge in [0.2, 0.25) is 0 Å². The number of rotatable bonds is 3. The van der Waals surface area contributed by atoms with Gasteiger partial charge in [0.1, 0.15) is 5.70 Å². The van der Waals surface area contributed by atoms with Crippen molar-refractivity contribution < 1.29 is 9.59 Å². The molecule has 0 aliphatic carbocycles. The Morgan fingerprint density at radius 1 is 0.750 bits per heavy atom. The number of benzene rings is 2. The topological polar surface area (TPSA) is 40.6 Å². The third-order valence-electron chi connectivity index (χ3n) is 5.88. The van der Waals surface area contributed by atoms with E-state index in [-0.39, 0.29) is 11.8 Å². The van der Waals surface area contributed by atoms with E-state index in [9.17, 15) is 9.59 Å². The third kappa shape index (κ3) is 2.93. The Balaban J connectivity index is 1.87. The van der Waals surface area contributed by atoms with Crippen molar-refractivity contribution in [3.05, 3.63) is 69.9 Å². The van der Waals surface area contributed by atoms with E-state index in [4.69, 9.17) is 0 Å². The molecule has 0 spiro atoms. The van der Waals surface area contributed by atoms with E-state index in [0.717, 1.165) is 53.7 Å². The van der Waals surface area contributed by atoms with Crippen LogP contribution in [0.15, 0.2) is 42.1 Å². The molecule has 0 unspecified atom stereocenters. The van der Waals surface area contributed by atoms with Gasteiger partial charge in [-0.25, -0.2) is 4.90 Å². The van der Waals surface area contributed by atoms with Gasteiger partial charge in [-0.05, 0) is 74.9 Å². The lowest BCUT2D eigenvalue weighted by Crippen LogP contribution is -2.34. The van der Waals surface area contributed by atoms with Crippen LogP contribution in [-0.2, 0) is 9.59 Å². The molecular weight excluding hydrogens is 348 g/mol. The molecule has 0 bridgehead atoms. The van der Waals surface area contributed by atoms with Gasteiger partial charge in [0.25, 0.3) is 11.8 Å². The van der Waals surface area contributed by atoms with Crippen LogP contribution in [0, 0.1) is 27.7 Å². The molecule has 2 aliphatic heterocycles. The lowest BCUT2D eigenvalue weighted by Gasteiger charge is -2.20. The highest BCUT2D eigenvalue weighted by Crippen LogP contribution is 2.37. The molecule has 0 atom stereocenters. The van der Waals surface area contributed by atoms with Gasteiger partial charge < -0.3 is 4.90 Å². The van der Waals surface area contributed by atoms with E-state index in [0.29, 0.717) is 17.0 Å². The smallest absolute Gasteiger partial charge is 0.282 e. The fraction of sp³-hybridized carbons (Fsp3) is 0.333. The minimum atomic E-state index is -0.220. The molecule has 2 amide bonds. The average Bonchev–Trinajstić information content (AvgIpc) is 3.24. The van der Waals surface area contributed by atoms with Crippen LogP contribution in [0.2, 0.25) is 0 Å². The molecule has 4 heteroatoms. The number of nitrogens with zero attached hydrogens (tertiary/aromatic N) is 2. The third-order valence-corrected chi connectivity index (χ3v) is 5.88. The van der Waals surface area contributed by atoms with Crippen molar-refractivity contribution in [3.8, 4) is 0 Å². The Morgan fingerprint density at radius 3 is 2.11 bits per heavy atom. The van der Waals surface area contributed by atoms with E-state index in [2.05, 4.69) is 11.0 Å². The van der Waals surface area contributed by atoms with Gasteiger partial charge in [-0.2, -0.15) is 0 Å². The first-order chi connectivity index (χ1) is 13.4. The molecule has 2 aromatic carbocycles. The fourth-order valence-electron chi connectivity index (χ4n) is 4.19. The van der Waals surface area contributed by atoms with Crippen LogP contribution in [0.5, 0.6) is 0 Å². The van der Waals surface area contributed by atoms with Crippen molar-refractivity contribution in [2.24, 2.45) is 0 Å². The number of carbonyl (C=O) groups is 2. The summed E-state index contributed by atoms with van der Waals surface area (Å²) in [5.74, 6) is -0.424. The monoisotopic (exact) mass is 374 g/mol. The second kappa shape index (κ2) is 6.93. The molecule has 4 nitrogen and oxygen atoms in total. The Labute approximate surface area is 166 Å². The summed E-state index contributed by atoms with van der Waals surface area (Å²) in [5.41, 5.74) is 7.00. The lowest BCUT2D eigenvalue weighted by molar-refractivity contribution is -0.120. The molecule has 2 heterocycles. The maximum Gasteiger partial charge on any atom is 0.282 e. The van der Waals surface area contributed by atoms with Gasteiger partial charge in [0.15, 0.2) is 0 Å². The molecule has 2 aromatic rings. The summed E-state index contributed by atoms with van der Waals surface area (Å²) >= 11 is 0. The van der Waals surface area contributed by atoms with Crippen molar-refractivity contribution in [2.45, 2.75) is 40.5 Å². The standard InChI is InChI=1S/C24H26N2O2/c1-15-7-10-20(18(4)13-15)21-22(25-11-5-6-12-25)24(28)26(23(21)27)19-9-8-16(2)17(3)14-19/h7-10,13-14H,5-6,11-12H2,1-4H3. The molecule has 28 heavy (non-hydrogen) atoms. The number of hydrogen-bond donors (Lipinski definition) is 0. The van der Waals surface area contributed by atoms with Crippen molar-refractivity contribution in [2.75, 3.05) is 18.0 Å². The van der Waals surface area contributed by atoms with Gasteiger partial charge in [0.05, 0.1) is 11.3 Å². The molecule has 2 aliphatic rings. The molecule has 1 fully saturated rings. The number of aryl methyl sites for hydroxylation is 4. The summed E-state index contributed by atoms with van der Waals surface area (Å²) in [4.78, 5) is 30.5. The second-order valence-corrected chi connectivity index (χ2v) is 7.95. The lowest BCUT2D eigenvalue weighted by atomic mass is 9.97. The summed E-state index contributed by atoms with van der Waals surface area (Å²) in [6.07, 6.45) is 2.10. The van der Waals surface area contributed by atoms with E-state index in [1.807, 2.05) is 58.0 Å². The number of amides is 2. The van der Waals surface area contributed by atoms with Gasteiger partial charge >= 0.3 is 0 Å². The van der Waals surface area contributed by atoms with Crippen molar-refractivity contribution in [1.29, 1.82) is 0 Å². The molecule has 144 valence electrons. The number of hydrogen-bond acceptors (Lipinski definition) is 3. The minimum Gasteiger partial charge on any atom is -0.366 e. The maximum atomic E-state index is 13.5. The van der Waals surface area contributed by atoms with Crippen LogP contribution in [-0.4, -0.2) is 29.8 Å². The first-order valence-corrected chi connectivity index (χ1v) is 9.91. The Bertz CT molecular complexity index is 1010. The Morgan fingerprint density at radius 2 is 1.46 bits per heavy atom. The summed E-state index contributed by atoms with van der Waals surface area (Å²) in [6.45, 7) is 9.72. The van der Waals surface area contributed by atoms with E-state index in [1.165, 1.54) is 4.90 Å². The number of carbonyl (C=O) groups excluding carboxylic acids is 2. The van der Waals surface area contributed by atoms with Crippen molar-refractivity contribution in [3.63, 3.8) is 0 Å². The number of likely N-dealkylation sites (tertiary alicyclic amines) is 1. The van der Waals surface area contributed by atoms with Gasteiger partial charge in [-0.3, -0.25) is 9.59 Å². The predicted molar refractivity (Wildman–Crippen MR) is 112 cm³/mol. The predicted octanol–water partition coefficient (Wildman–Crippen LogP) is 4.30. The summed E-state index contributed by atoms with van der Waals surface area (Å²) in [6, 6.07) is 11.8. The highest BCUT2D eigenvalue weighted by molar-refractivity contribution is 6.45. The second-order valence-electron chi connectivity index (χ2n) is 7.95. The highest BCUT2D eigenvalue weighted by Gasteiger charge is 2.43. The Kier molecular flexibility index (Phi) is 4.58. The number of imide groups is 1. The number of anilines is 1. The van der Waals surface area contributed by atoms with Gasteiger partial charge in [-0.1, -0.05) is 29.8 Å². The first kappa shape index (κ1) is 18.5.